The Hall–Kier alpha value is -2.07. The predicted molar refractivity (Wildman–Crippen MR) is 67.5 cm³/mol. The van der Waals surface area contributed by atoms with Crippen LogP contribution in [0.1, 0.15) is 20.3 Å². The van der Waals surface area contributed by atoms with E-state index in [2.05, 4.69) is 9.71 Å². The van der Waals surface area contributed by atoms with Gasteiger partial charge in [0.2, 0.25) is 10.0 Å². The van der Waals surface area contributed by atoms with E-state index in [4.69, 9.17) is 5.11 Å². The van der Waals surface area contributed by atoms with E-state index in [0.29, 0.717) is 0 Å². The molecule has 0 radical (unpaired) electrons. The summed E-state index contributed by atoms with van der Waals surface area (Å²) in [7, 11) is -4.00. The number of nitrogens with one attached hydrogen (secondary N) is 1. The summed E-state index contributed by atoms with van der Waals surface area (Å²) in [6.07, 6.45) is 0.434. The molecule has 0 aliphatic rings. The third-order valence-corrected chi connectivity index (χ3v) is 3.91. The van der Waals surface area contributed by atoms with Crippen molar-refractivity contribution in [1.82, 2.24) is 9.71 Å². The van der Waals surface area contributed by atoms with Gasteiger partial charge in [-0.15, -0.1) is 0 Å². The van der Waals surface area contributed by atoms with Gasteiger partial charge >= 0.3 is 11.8 Å². The minimum Gasteiger partial charge on any atom is -0.481 e. The lowest BCUT2D eigenvalue weighted by Crippen LogP contribution is -2.44. The SMILES string of the molecule is CC(C)(CC(=O)O)NS(=O)(=O)c1ccc([N+](=O)[O-])nc1. The summed E-state index contributed by atoms with van der Waals surface area (Å²) >= 11 is 0. The van der Waals surface area contributed by atoms with Crippen LogP contribution in [0.25, 0.3) is 0 Å². The summed E-state index contributed by atoms with van der Waals surface area (Å²) in [4.78, 5) is 23.4. The number of sulfonamides is 1. The van der Waals surface area contributed by atoms with Crippen LogP contribution in [0, 0.1) is 10.1 Å². The monoisotopic (exact) mass is 303 g/mol. The van der Waals surface area contributed by atoms with Gasteiger partial charge in [-0.25, -0.2) is 13.1 Å². The van der Waals surface area contributed by atoms with E-state index in [1.807, 2.05) is 0 Å². The first-order chi connectivity index (χ1) is 9.03. The Morgan fingerprint density at radius 3 is 2.50 bits per heavy atom. The fraction of sp³-hybridized carbons (Fsp3) is 0.400. The van der Waals surface area contributed by atoms with Crippen molar-refractivity contribution in [2.45, 2.75) is 30.7 Å². The molecule has 20 heavy (non-hydrogen) atoms. The van der Waals surface area contributed by atoms with Gasteiger partial charge in [-0.2, -0.15) is 0 Å². The lowest BCUT2D eigenvalue weighted by atomic mass is 10.0. The molecule has 0 aliphatic heterocycles. The first-order valence-electron chi connectivity index (χ1n) is 5.40. The first kappa shape index (κ1) is 16.0. The Morgan fingerprint density at radius 2 is 2.10 bits per heavy atom. The molecule has 0 unspecified atom stereocenters. The van der Waals surface area contributed by atoms with Gasteiger partial charge in [0.25, 0.3) is 0 Å². The molecule has 0 fully saturated rings. The van der Waals surface area contributed by atoms with Crippen molar-refractivity contribution in [3.63, 3.8) is 0 Å². The van der Waals surface area contributed by atoms with Gasteiger partial charge in [0.05, 0.1) is 6.42 Å². The lowest BCUT2D eigenvalue weighted by molar-refractivity contribution is -0.389. The molecule has 0 aromatic carbocycles. The molecule has 0 bridgehead atoms. The molecule has 0 atom stereocenters. The van der Waals surface area contributed by atoms with Crippen molar-refractivity contribution in [3.05, 3.63) is 28.4 Å². The normalized spacial score (nSPS) is 12.1. The largest absolute Gasteiger partial charge is 0.481 e. The zero-order valence-corrected chi connectivity index (χ0v) is 11.5. The summed E-state index contributed by atoms with van der Waals surface area (Å²) < 4.78 is 26.2. The highest BCUT2D eigenvalue weighted by Crippen LogP contribution is 2.17. The number of aliphatic carboxylic acids is 1. The Bertz CT molecular complexity index is 623. The standard InChI is InChI=1S/C10H13N3O6S/c1-10(2,5-9(14)15)12-20(18,19)7-3-4-8(11-6-7)13(16)17/h3-4,6,12H,5H2,1-2H3,(H,14,15). The fourth-order valence-electron chi connectivity index (χ4n) is 1.48. The van der Waals surface area contributed by atoms with Gasteiger partial charge in [-0.1, -0.05) is 0 Å². The van der Waals surface area contributed by atoms with Crippen LogP contribution < -0.4 is 4.72 Å². The quantitative estimate of drug-likeness (QED) is 0.576. The molecule has 1 aromatic heterocycles. The van der Waals surface area contributed by atoms with E-state index in [1.54, 1.807) is 0 Å². The van der Waals surface area contributed by atoms with Crippen LogP contribution in [-0.2, 0) is 14.8 Å². The highest BCUT2D eigenvalue weighted by atomic mass is 32.2. The third-order valence-electron chi connectivity index (χ3n) is 2.22. The van der Waals surface area contributed by atoms with Crippen LogP contribution >= 0.6 is 0 Å². The second-order valence-corrected chi connectivity index (χ2v) is 6.35. The smallest absolute Gasteiger partial charge is 0.363 e. The van der Waals surface area contributed by atoms with Gasteiger partial charge in [0.1, 0.15) is 4.90 Å². The number of carboxylic acid groups (broad SMARTS) is 1. The minimum atomic E-state index is -4.00. The molecule has 110 valence electrons. The maximum absolute atomic E-state index is 12.0. The first-order valence-corrected chi connectivity index (χ1v) is 6.88. The number of rotatable bonds is 6. The Kier molecular flexibility index (Phi) is 4.40. The van der Waals surface area contributed by atoms with E-state index >= 15 is 0 Å². The van der Waals surface area contributed by atoms with Gasteiger partial charge < -0.3 is 15.2 Å². The fourth-order valence-corrected chi connectivity index (χ4v) is 2.83. The van der Waals surface area contributed by atoms with E-state index in [1.165, 1.54) is 13.8 Å². The van der Waals surface area contributed by atoms with Crippen molar-refractivity contribution >= 4 is 21.8 Å². The minimum absolute atomic E-state index is 0.276. The second kappa shape index (κ2) is 5.51. The second-order valence-electron chi connectivity index (χ2n) is 4.67. The van der Waals surface area contributed by atoms with Crippen LogP contribution in [-0.4, -0.2) is 34.9 Å². The molecule has 0 spiro atoms. The number of aromatic nitrogens is 1. The molecule has 1 heterocycles. The van der Waals surface area contributed by atoms with Crippen LogP contribution in [0.2, 0.25) is 0 Å². The zero-order chi connectivity index (χ0) is 15.6. The molecular formula is C10H13N3O6S. The molecule has 0 saturated carbocycles. The summed E-state index contributed by atoms with van der Waals surface area (Å²) in [5.74, 6) is -1.63. The Labute approximate surface area is 114 Å². The van der Waals surface area contributed by atoms with Gasteiger partial charge in [-0.05, 0) is 29.8 Å². The van der Waals surface area contributed by atoms with Crippen molar-refractivity contribution in [3.8, 4) is 0 Å². The van der Waals surface area contributed by atoms with E-state index < -0.39 is 38.7 Å². The number of pyridine rings is 1. The molecule has 1 rings (SSSR count). The molecule has 0 aliphatic carbocycles. The molecular weight excluding hydrogens is 290 g/mol. The third kappa shape index (κ3) is 4.24. The van der Waals surface area contributed by atoms with Crippen molar-refractivity contribution in [2.75, 3.05) is 0 Å². The van der Waals surface area contributed by atoms with Gasteiger partial charge in [0.15, 0.2) is 6.20 Å². The highest BCUT2D eigenvalue weighted by molar-refractivity contribution is 7.89. The van der Waals surface area contributed by atoms with E-state index in [9.17, 15) is 23.3 Å². The highest BCUT2D eigenvalue weighted by Gasteiger charge is 2.29. The van der Waals surface area contributed by atoms with E-state index in [0.717, 1.165) is 18.3 Å². The number of hydrogen-bond donors (Lipinski definition) is 2. The molecule has 2 N–H and O–H groups in total. The maximum atomic E-state index is 12.0. The average molecular weight is 303 g/mol. The zero-order valence-electron chi connectivity index (χ0n) is 10.7. The number of nitrogens with zero attached hydrogens (tertiary/aromatic N) is 2. The average Bonchev–Trinajstić information content (AvgIpc) is 2.25. The van der Waals surface area contributed by atoms with Crippen LogP contribution in [0.5, 0.6) is 0 Å². The maximum Gasteiger partial charge on any atom is 0.363 e. The van der Waals surface area contributed by atoms with Crippen LogP contribution in [0.4, 0.5) is 5.82 Å². The summed E-state index contributed by atoms with van der Waals surface area (Å²) in [5, 5.41) is 19.1. The summed E-state index contributed by atoms with van der Waals surface area (Å²) in [6.45, 7) is 2.83. The number of hydrogen-bond acceptors (Lipinski definition) is 6. The van der Waals surface area contributed by atoms with Gasteiger partial charge in [0, 0.05) is 11.6 Å². The van der Waals surface area contributed by atoms with E-state index in [-0.39, 0.29) is 4.90 Å². The predicted octanol–water partition coefficient (Wildman–Crippen LogP) is 0.521. The summed E-state index contributed by atoms with van der Waals surface area (Å²) in [5.41, 5.74) is -1.20. The Morgan fingerprint density at radius 1 is 1.50 bits per heavy atom. The molecule has 9 nitrogen and oxygen atoms in total. The lowest BCUT2D eigenvalue weighted by Gasteiger charge is -2.23. The van der Waals surface area contributed by atoms with Crippen LogP contribution in [0.3, 0.4) is 0 Å². The molecule has 1 aromatic rings. The van der Waals surface area contributed by atoms with Crippen molar-refractivity contribution in [2.24, 2.45) is 0 Å². The van der Waals surface area contributed by atoms with Crippen LogP contribution in [0.15, 0.2) is 23.2 Å². The molecule has 0 amide bonds. The number of carbonyl (C=O) groups is 1. The van der Waals surface area contributed by atoms with Crippen molar-refractivity contribution in [1.29, 1.82) is 0 Å². The Balaban J connectivity index is 2.99. The number of carboxylic acids is 1. The van der Waals surface area contributed by atoms with Gasteiger partial charge in [-0.3, -0.25) is 4.79 Å². The molecule has 10 heteroatoms. The summed E-state index contributed by atoms with van der Waals surface area (Å²) in [6, 6.07) is 1.99. The topological polar surface area (TPSA) is 140 Å². The van der Waals surface area contributed by atoms with Crippen molar-refractivity contribution < 1.29 is 23.2 Å². The number of nitro groups is 1. The molecule has 0 saturated heterocycles.